The second-order valence-corrected chi connectivity index (χ2v) is 7.88. The maximum atomic E-state index is 12.1. The average Bonchev–Trinajstić information content (AvgIpc) is 2.70. The van der Waals surface area contributed by atoms with Crippen molar-refractivity contribution in [3.63, 3.8) is 0 Å². The summed E-state index contributed by atoms with van der Waals surface area (Å²) in [6.07, 6.45) is 1.85. The number of halogens is 2. The Balaban J connectivity index is 1.61. The molecule has 28 heavy (non-hydrogen) atoms. The van der Waals surface area contributed by atoms with Gasteiger partial charge in [0.05, 0.1) is 12.6 Å². The maximum absolute atomic E-state index is 12.1. The molecule has 0 unspecified atom stereocenters. The first-order valence-electron chi connectivity index (χ1n) is 8.63. The van der Waals surface area contributed by atoms with Gasteiger partial charge >= 0.3 is 0 Å². The van der Waals surface area contributed by atoms with Crippen LogP contribution in [0.2, 0.25) is 0 Å². The van der Waals surface area contributed by atoms with Crippen LogP contribution in [-0.2, 0) is 17.8 Å². The summed E-state index contributed by atoms with van der Waals surface area (Å²) in [5.74, 6) is 0.512. The van der Waals surface area contributed by atoms with Gasteiger partial charge in [-0.2, -0.15) is 5.10 Å². The van der Waals surface area contributed by atoms with Gasteiger partial charge in [0, 0.05) is 14.5 Å². The number of nitrogens with zero attached hydrogens (tertiary/aromatic N) is 1. The molecule has 0 bridgehead atoms. The quantitative estimate of drug-likeness (QED) is 0.344. The monoisotopic (exact) mass is 500 g/mol. The molecule has 6 heteroatoms. The fourth-order valence-electron chi connectivity index (χ4n) is 2.49. The molecule has 0 heterocycles. The van der Waals surface area contributed by atoms with Crippen LogP contribution in [0.5, 0.6) is 5.75 Å². The molecule has 3 rings (SSSR count). The molecule has 0 saturated heterocycles. The Labute approximate surface area is 180 Å². The lowest BCUT2D eigenvalue weighted by Gasteiger charge is -2.09. The van der Waals surface area contributed by atoms with Crippen LogP contribution in [0, 0.1) is 0 Å². The first-order valence-corrected chi connectivity index (χ1v) is 10.2. The molecule has 142 valence electrons. The van der Waals surface area contributed by atoms with Crippen LogP contribution in [-0.4, -0.2) is 12.1 Å². The van der Waals surface area contributed by atoms with E-state index in [1.54, 1.807) is 6.21 Å². The smallest absolute Gasteiger partial charge is 0.244 e. The minimum Gasteiger partial charge on any atom is -0.488 e. The second kappa shape index (κ2) is 10.2. The van der Waals surface area contributed by atoms with Crippen LogP contribution in [0.15, 0.2) is 86.8 Å². The zero-order valence-electron chi connectivity index (χ0n) is 14.9. The Hall–Kier alpha value is -2.44. The fraction of sp³-hybridized carbons (Fsp3) is 0.0909. The third-order valence-corrected chi connectivity index (χ3v) is 4.90. The summed E-state index contributed by atoms with van der Waals surface area (Å²) in [5.41, 5.74) is 5.34. The summed E-state index contributed by atoms with van der Waals surface area (Å²) in [6.45, 7) is 0.458. The van der Waals surface area contributed by atoms with Gasteiger partial charge in [0.15, 0.2) is 0 Å². The van der Waals surface area contributed by atoms with Crippen molar-refractivity contribution >= 4 is 44.0 Å². The molecule has 0 spiro atoms. The van der Waals surface area contributed by atoms with E-state index in [9.17, 15) is 4.79 Å². The number of hydrogen-bond acceptors (Lipinski definition) is 3. The van der Waals surface area contributed by atoms with Crippen molar-refractivity contribution < 1.29 is 9.53 Å². The third kappa shape index (κ3) is 6.32. The van der Waals surface area contributed by atoms with E-state index in [1.165, 1.54) is 0 Å². The van der Waals surface area contributed by atoms with Gasteiger partial charge in [-0.05, 0) is 41.5 Å². The lowest BCUT2D eigenvalue weighted by Crippen LogP contribution is -2.19. The Bertz CT molecular complexity index is 958. The van der Waals surface area contributed by atoms with E-state index in [-0.39, 0.29) is 12.3 Å². The molecule has 0 fully saturated rings. The molecule has 0 aromatic heterocycles. The Morgan fingerprint density at radius 3 is 2.39 bits per heavy atom. The summed E-state index contributed by atoms with van der Waals surface area (Å²) in [7, 11) is 0. The Morgan fingerprint density at radius 1 is 0.929 bits per heavy atom. The summed E-state index contributed by atoms with van der Waals surface area (Å²) in [5, 5.41) is 4.08. The normalized spacial score (nSPS) is 10.8. The summed E-state index contributed by atoms with van der Waals surface area (Å²) >= 11 is 6.83. The van der Waals surface area contributed by atoms with E-state index >= 15 is 0 Å². The third-order valence-electron chi connectivity index (χ3n) is 3.88. The van der Waals surface area contributed by atoms with E-state index in [4.69, 9.17) is 4.74 Å². The summed E-state index contributed by atoms with van der Waals surface area (Å²) in [6, 6.07) is 23.2. The first-order chi connectivity index (χ1) is 13.6. The lowest BCUT2D eigenvalue weighted by atomic mass is 10.1. The average molecular weight is 502 g/mol. The van der Waals surface area contributed by atoms with E-state index in [0.717, 1.165) is 25.6 Å². The van der Waals surface area contributed by atoms with Crippen LogP contribution < -0.4 is 10.2 Å². The fourth-order valence-corrected chi connectivity index (χ4v) is 3.13. The van der Waals surface area contributed by atoms with E-state index < -0.39 is 0 Å². The number of amides is 1. The van der Waals surface area contributed by atoms with Gasteiger partial charge in [-0.1, -0.05) is 74.3 Å². The zero-order valence-corrected chi connectivity index (χ0v) is 18.1. The minimum absolute atomic E-state index is 0.180. The van der Waals surface area contributed by atoms with Gasteiger partial charge in [-0.15, -0.1) is 0 Å². The van der Waals surface area contributed by atoms with Crippen LogP contribution in [0.3, 0.4) is 0 Å². The molecule has 0 saturated carbocycles. The van der Waals surface area contributed by atoms with Gasteiger partial charge < -0.3 is 4.74 Å². The topological polar surface area (TPSA) is 50.7 Å². The standard InChI is InChI=1S/C22H18Br2N2O2/c23-19-8-6-16(7-9-19)12-22(27)26-25-14-18-13-20(24)10-11-21(18)28-15-17-4-2-1-3-5-17/h1-11,13-14H,12,15H2,(H,26,27)/b25-14-. The summed E-state index contributed by atoms with van der Waals surface area (Å²) in [4.78, 5) is 12.1. The predicted molar refractivity (Wildman–Crippen MR) is 118 cm³/mol. The van der Waals surface area contributed by atoms with Crippen LogP contribution in [0.1, 0.15) is 16.7 Å². The van der Waals surface area contributed by atoms with Crippen molar-refractivity contribution in [2.75, 3.05) is 0 Å². The molecule has 0 atom stereocenters. The largest absolute Gasteiger partial charge is 0.488 e. The number of carbonyl (C=O) groups excluding carboxylic acids is 1. The number of ether oxygens (including phenoxy) is 1. The maximum Gasteiger partial charge on any atom is 0.244 e. The molecular weight excluding hydrogens is 484 g/mol. The van der Waals surface area contributed by atoms with Gasteiger partial charge in [-0.25, -0.2) is 5.43 Å². The number of nitrogens with one attached hydrogen (secondary N) is 1. The molecule has 0 aliphatic rings. The highest BCUT2D eigenvalue weighted by Crippen LogP contribution is 2.22. The first kappa shape index (κ1) is 20.3. The van der Waals surface area contributed by atoms with Gasteiger partial charge in [-0.3, -0.25) is 4.79 Å². The number of hydrogen-bond donors (Lipinski definition) is 1. The van der Waals surface area contributed by atoms with Crippen molar-refractivity contribution in [3.8, 4) is 5.75 Å². The van der Waals surface area contributed by atoms with Crippen molar-refractivity contribution in [3.05, 3.63) is 98.4 Å². The molecular formula is C22H18Br2N2O2. The zero-order chi connectivity index (χ0) is 19.8. The number of rotatable bonds is 7. The Morgan fingerprint density at radius 2 is 1.64 bits per heavy atom. The van der Waals surface area contributed by atoms with Crippen molar-refractivity contribution in [2.24, 2.45) is 5.10 Å². The number of hydrazone groups is 1. The van der Waals surface area contributed by atoms with Crippen LogP contribution in [0.4, 0.5) is 0 Å². The predicted octanol–water partition coefficient (Wildman–Crippen LogP) is 5.48. The van der Waals surface area contributed by atoms with Gasteiger partial charge in [0.25, 0.3) is 0 Å². The Kier molecular flexibility index (Phi) is 7.39. The molecule has 0 aliphatic heterocycles. The molecule has 1 amide bonds. The highest BCUT2D eigenvalue weighted by molar-refractivity contribution is 9.10. The molecule has 3 aromatic rings. The molecule has 3 aromatic carbocycles. The summed E-state index contributed by atoms with van der Waals surface area (Å²) < 4.78 is 7.80. The van der Waals surface area contributed by atoms with E-state index in [1.807, 2.05) is 72.8 Å². The van der Waals surface area contributed by atoms with Gasteiger partial charge in [0.1, 0.15) is 12.4 Å². The molecule has 4 nitrogen and oxygen atoms in total. The van der Waals surface area contributed by atoms with Crippen LogP contribution in [0.25, 0.3) is 0 Å². The number of carbonyl (C=O) groups is 1. The minimum atomic E-state index is -0.180. The van der Waals surface area contributed by atoms with Crippen molar-refractivity contribution in [1.29, 1.82) is 0 Å². The van der Waals surface area contributed by atoms with Crippen molar-refractivity contribution in [1.82, 2.24) is 5.43 Å². The molecule has 0 radical (unpaired) electrons. The van der Waals surface area contributed by atoms with E-state index in [0.29, 0.717) is 12.4 Å². The SMILES string of the molecule is O=C(Cc1ccc(Br)cc1)N/N=C\c1cc(Br)ccc1OCc1ccccc1. The van der Waals surface area contributed by atoms with Crippen molar-refractivity contribution in [2.45, 2.75) is 13.0 Å². The van der Waals surface area contributed by atoms with Gasteiger partial charge in [0.2, 0.25) is 5.91 Å². The molecule has 1 N–H and O–H groups in total. The highest BCUT2D eigenvalue weighted by atomic mass is 79.9. The van der Waals surface area contributed by atoms with Crippen LogP contribution >= 0.6 is 31.9 Å². The second-order valence-electron chi connectivity index (χ2n) is 6.05. The number of benzene rings is 3. The molecule has 0 aliphatic carbocycles. The highest BCUT2D eigenvalue weighted by Gasteiger charge is 2.05. The lowest BCUT2D eigenvalue weighted by molar-refractivity contribution is -0.120. The van der Waals surface area contributed by atoms with E-state index in [2.05, 4.69) is 42.4 Å².